The molecule has 1 aromatic rings. The highest BCUT2D eigenvalue weighted by Gasteiger charge is 2.29. The average molecular weight is 376 g/mol. The summed E-state index contributed by atoms with van der Waals surface area (Å²) in [6.45, 7) is 9.02. The number of ketones is 1. The van der Waals surface area contributed by atoms with E-state index < -0.39 is 5.60 Å². The fourth-order valence-electron chi connectivity index (χ4n) is 3.62. The number of piperazine rings is 1. The second-order valence-electron chi connectivity index (χ2n) is 8.19. The zero-order valence-electron chi connectivity index (χ0n) is 16.6. The summed E-state index contributed by atoms with van der Waals surface area (Å²) >= 11 is 0. The van der Waals surface area contributed by atoms with Crippen LogP contribution in [0.1, 0.15) is 55.9 Å². The van der Waals surface area contributed by atoms with Crippen molar-refractivity contribution in [2.45, 2.75) is 59.1 Å². The highest BCUT2D eigenvalue weighted by atomic mass is 16.6. The molecule has 1 aliphatic heterocycles. The molecule has 1 aliphatic carbocycles. The first-order valence-corrected chi connectivity index (χ1v) is 9.51. The molecule has 0 atom stereocenters. The quantitative estimate of drug-likeness (QED) is 0.749. The molecular weight excluding hydrogens is 348 g/mol. The van der Waals surface area contributed by atoms with Crippen molar-refractivity contribution in [3.05, 3.63) is 17.0 Å². The van der Waals surface area contributed by atoms with Crippen molar-refractivity contribution in [3.8, 4) is 0 Å². The number of aromatic nitrogens is 2. The number of carbonyl (C=O) groups is 3. The van der Waals surface area contributed by atoms with E-state index in [0.29, 0.717) is 31.9 Å². The molecule has 2 amide bonds. The van der Waals surface area contributed by atoms with E-state index in [1.165, 1.54) is 6.92 Å². The van der Waals surface area contributed by atoms with Crippen molar-refractivity contribution >= 4 is 17.8 Å². The fraction of sp³-hybridized carbons (Fsp3) is 0.684. The Morgan fingerprint density at radius 3 is 2.26 bits per heavy atom. The first-order valence-electron chi connectivity index (χ1n) is 9.51. The predicted molar refractivity (Wildman–Crippen MR) is 98.6 cm³/mol. The minimum atomic E-state index is -0.529. The van der Waals surface area contributed by atoms with Gasteiger partial charge in [-0.15, -0.1) is 0 Å². The molecule has 148 valence electrons. The van der Waals surface area contributed by atoms with E-state index in [2.05, 4.69) is 5.10 Å². The van der Waals surface area contributed by atoms with Gasteiger partial charge in [-0.3, -0.25) is 14.3 Å². The molecule has 8 nitrogen and oxygen atoms in total. The molecule has 0 saturated carbocycles. The Labute approximate surface area is 159 Å². The van der Waals surface area contributed by atoms with Gasteiger partial charge < -0.3 is 14.5 Å². The molecule has 1 saturated heterocycles. The number of hydrogen-bond donors (Lipinski definition) is 0. The predicted octanol–water partition coefficient (Wildman–Crippen LogP) is 1.65. The van der Waals surface area contributed by atoms with Crippen LogP contribution in [0, 0.1) is 0 Å². The van der Waals surface area contributed by atoms with Gasteiger partial charge in [0.15, 0.2) is 5.78 Å². The number of carbonyl (C=O) groups excluding carboxylic acids is 3. The van der Waals surface area contributed by atoms with E-state index in [4.69, 9.17) is 4.74 Å². The third kappa shape index (κ3) is 4.31. The van der Waals surface area contributed by atoms with Crippen LogP contribution in [0.4, 0.5) is 4.79 Å². The van der Waals surface area contributed by atoms with Crippen molar-refractivity contribution in [2.24, 2.45) is 0 Å². The van der Waals surface area contributed by atoms with Gasteiger partial charge >= 0.3 is 6.09 Å². The highest BCUT2D eigenvalue weighted by molar-refractivity contribution is 5.94. The Morgan fingerprint density at radius 1 is 1.04 bits per heavy atom. The van der Waals surface area contributed by atoms with Crippen LogP contribution >= 0.6 is 0 Å². The lowest BCUT2D eigenvalue weighted by atomic mass is 10.1. The second kappa shape index (κ2) is 7.32. The number of hydrogen-bond acceptors (Lipinski definition) is 5. The van der Waals surface area contributed by atoms with Crippen molar-refractivity contribution in [1.29, 1.82) is 0 Å². The highest BCUT2D eigenvalue weighted by Crippen LogP contribution is 2.25. The summed E-state index contributed by atoms with van der Waals surface area (Å²) in [6, 6.07) is 0. The number of rotatable bonds is 3. The van der Waals surface area contributed by atoms with Crippen LogP contribution in [0.2, 0.25) is 0 Å². The summed E-state index contributed by atoms with van der Waals surface area (Å²) in [5.74, 6) is -0.0866. The maximum atomic E-state index is 12.7. The molecule has 8 heteroatoms. The van der Waals surface area contributed by atoms with E-state index in [0.717, 1.165) is 30.5 Å². The molecule has 0 bridgehead atoms. The molecule has 27 heavy (non-hydrogen) atoms. The average Bonchev–Trinajstić information content (AvgIpc) is 3.17. The van der Waals surface area contributed by atoms with Gasteiger partial charge in [-0.1, -0.05) is 0 Å². The minimum absolute atomic E-state index is 0.0360. The molecule has 2 aliphatic rings. The van der Waals surface area contributed by atoms with Crippen molar-refractivity contribution in [2.75, 3.05) is 26.2 Å². The lowest BCUT2D eigenvalue weighted by molar-refractivity contribution is -0.133. The molecule has 0 N–H and O–H groups in total. The Morgan fingerprint density at radius 2 is 1.67 bits per heavy atom. The van der Waals surface area contributed by atoms with Crippen molar-refractivity contribution in [1.82, 2.24) is 19.6 Å². The first-order chi connectivity index (χ1) is 12.7. The Hall–Kier alpha value is -2.38. The monoisotopic (exact) mass is 376 g/mol. The number of nitrogens with zero attached hydrogens (tertiary/aromatic N) is 4. The van der Waals surface area contributed by atoms with Gasteiger partial charge in [-0.2, -0.15) is 5.10 Å². The van der Waals surface area contributed by atoms with Gasteiger partial charge in [0, 0.05) is 44.4 Å². The number of fused-ring (bicyclic) bond motifs is 1. The molecule has 0 spiro atoms. The Balaban J connectivity index is 1.59. The van der Waals surface area contributed by atoms with Crippen molar-refractivity contribution < 1.29 is 19.1 Å². The van der Waals surface area contributed by atoms with Crippen LogP contribution in [-0.4, -0.2) is 69.1 Å². The van der Waals surface area contributed by atoms with E-state index in [9.17, 15) is 14.4 Å². The van der Waals surface area contributed by atoms with Crippen LogP contribution in [-0.2, 0) is 28.9 Å². The maximum absolute atomic E-state index is 12.7. The molecule has 3 rings (SSSR count). The number of ether oxygens (including phenoxy) is 1. The molecule has 0 radical (unpaired) electrons. The minimum Gasteiger partial charge on any atom is -0.444 e. The zero-order chi connectivity index (χ0) is 19.8. The summed E-state index contributed by atoms with van der Waals surface area (Å²) in [4.78, 5) is 40.0. The molecule has 0 aromatic carbocycles. The van der Waals surface area contributed by atoms with Crippen LogP contribution in [0.3, 0.4) is 0 Å². The van der Waals surface area contributed by atoms with E-state index in [1.54, 1.807) is 14.5 Å². The van der Waals surface area contributed by atoms with Crippen LogP contribution < -0.4 is 0 Å². The number of amides is 2. The summed E-state index contributed by atoms with van der Waals surface area (Å²) < 4.78 is 7.08. The standard InChI is InChI=1S/C19H28N4O4/c1-13(24)17-14-6-5-7-15(14)23(20-17)12-16(25)21-8-10-22(11-9-21)18(26)27-19(2,3)4/h5-12H2,1-4H3. The normalized spacial score (nSPS) is 17.0. The molecule has 1 fully saturated rings. The second-order valence-corrected chi connectivity index (χ2v) is 8.19. The number of Topliss-reactive ketones (excluding diaryl/α,β-unsaturated/α-hetero) is 1. The van der Waals surface area contributed by atoms with Gasteiger partial charge in [-0.05, 0) is 40.0 Å². The molecule has 0 unspecified atom stereocenters. The van der Waals surface area contributed by atoms with Gasteiger partial charge in [-0.25, -0.2) is 4.79 Å². The lowest BCUT2D eigenvalue weighted by Gasteiger charge is -2.35. The largest absolute Gasteiger partial charge is 0.444 e. The van der Waals surface area contributed by atoms with E-state index >= 15 is 0 Å². The van der Waals surface area contributed by atoms with E-state index in [-0.39, 0.29) is 24.3 Å². The summed E-state index contributed by atoms with van der Waals surface area (Å²) in [6.07, 6.45) is 2.36. The Kier molecular flexibility index (Phi) is 5.26. The zero-order valence-corrected chi connectivity index (χ0v) is 16.6. The smallest absolute Gasteiger partial charge is 0.410 e. The summed E-state index contributed by atoms with van der Waals surface area (Å²) in [5, 5.41) is 4.38. The van der Waals surface area contributed by atoms with Gasteiger partial charge in [0.25, 0.3) is 0 Å². The third-order valence-corrected chi connectivity index (χ3v) is 4.91. The summed E-state index contributed by atoms with van der Waals surface area (Å²) in [5.41, 5.74) is 2.00. The topological polar surface area (TPSA) is 84.7 Å². The summed E-state index contributed by atoms with van der Waals surface area (Å²) in [7, 11) is 0. The Bertz CT molecular complexity index is 754. The van der Waals surface area contributed by atoms with Crippen LogP contribution in [0.5, 0.6) is 0 Å². The van der Waals surface area contributed by atoms with Crippen molar-refractivity contribution in [3.63, 3.8) is 0 Å². The molecule has 2 heterocycles. The fourth-order valence-corrected chi connectivity index (χ4v) is 3.62. The van der Waals surface area contributed by atoms with E-state index in [1.807, 2.05) is 20.8 Å². The maximum Gasteiger partial charge on any atom is 0.410 e. The molecular formula is C19H28N4O4. The van der Waals surface area contributed by atoms with Crippen LogP contribution in [0.15, 0.2) is 0 Å². The third-order valence-electron chi connectivity index (χ3n) is 4.91. The van der Waals surface area contributed by atoms with Gasteiger partial charge in [0.1, 0.15) is 17.8 Å². The molecule has 1 aromatic heterocycles. The SMILES string of the molecule is CC(=O)c1nn(CC(=O)N2CCN(C(=O)OC(C)(C)C)CC2)c2c1CCC2. The lowest BCUT2D eigenvalue weighted by Crippen LogP contribution is -2.52. The van der Waals surface area contributed by atoms with Crippen LogP contribution in [0.25, 0.3) is 0 Å². The van der Waals surface area contributed by atoms with Gasteiger partial charge in [0.05, 0.1) is 0 Å². The van der Waals surface area contributed by atoms with Gasteiger partial charge in [0.2, 0.25) is 5.91 Å². The first kappa shape index (κ1) is 19.4.